The molecule has 12 heteroatoms. The summed E-state index contributed by atoms with van der Waals surface area (Å²) in [6.45, 7) is 7.70. The normalized spacial score (nSPS) is 15.0. The van der Waals surface area contributed by atoms with Crippen molar-refractivity contribution in [2.45, 2.75) is 51.2 Å². The van der Waals surface area contributed by atoms with Crippen LogP contribution in [0.3, 0.4) is 0 Å². The van der Waals surface area contributed by atoms with Gasteiger partial charge in [0.2, 0.25) is 0 Å². The van der Waals surface area contributed by atoms with Gasteiger partial charge in [-0.05, 0) is 79.6 Å². The quantitative estimate of drug-likeness (QED) is 0.121. The number of carbonyl (C=O) groups excluding carboxylic acids is 1. The zero-order chi connectivity index (χ0) is 33.6. The predicted molar refractivity (Wildman–Crippen MR) is 175 cm³/mol. The van der Waals surface area contributed by atoms with Crippen LogP contribution in [-0.2, 0) is 6.18 Å². The molecule has 1 aromatic heterocycles. The highest BCUT2D eigenvalue weighted by Gasteiger charge is 2.41. The number of hydrogen-bond acceptors (Lipinski definition) is 6. The van der Waals surface area contributed by atoms with E-state index in [0.717, 1.165) is 62.1 Å². The smallest absolute Gasteiger partial charge is 0.385 e. The van der Waals surface area contributed by atoms with Gasteiger partial charge in [-0.2, -0.15) is 18.3 Å². The van der Waals surface area contributed by atoms with E-state index in [1.807, 2.05) is 30.3 Å². The lowest BCUT2D eigenvalue weighted by atomic mass is 9.89. The van der Waals surface area contributed by atoms with E-state index in [1.54, 1.807) is 0 Å². The number of likely N-dealkylation sites (tertiary alicyclic amines) is 1. The zero-order valence-corrected chi connectivity index (χ0v) is 26.4. The van der Waals surface area contributed by atoms with Crippen LogP contribution in [0.25, 0.3) is 5.69 Å². The molecule has 4 aromatic rings. The maximum atomic E-state index is 14.3. The van der Waals surface area contributed by atoms with Crippen molar-refractivity contribution in [1.82, 2.24) is 20.0 Å². The maximum Gasteiger partial charge on any atom is 0.434 e. The number of rotatable bonds is 12. The monoisotopic (exact) mass is 648 g/mol. The molecule has 47 heavy (non-hydrogen) atoms. The lowest BCUT2D eigenvalue weighted by molar-refractivity contribution is -0.384. The van der Waals surface area contributed by atoms with Crippen molar-refractivity contribution in [3.05, 3.63) is 118 Å². The number of anilines is 1. The average molecular weight is 649 g/mol. The molecule has 0 unspecified atom stereocenters. The third-order valence-corrected chi connectivity index (χ3v) is 8.49. The van der Waals surface area contributed by atoms with Crippen molar-refractivity contribution >= 4 is 17.3 Å². The Kier molecular flexibility index (Phi) is 10.6. The first-order valence-corrected chi connectivity index (χ1v) is 15.8. The van der Waals surface area contributed by atoms with Gasteiger partial charge in [0, 0.05) is 30.9 Å². The summed E-state index contributed by atoms with van der Waals surface area (Å²) in [5, 5.41) is 21.2. The molecule has 5 rings (SSSR count). The van der Waals surface area contributed by atoms with Crippen LogP contribution >= 0.6 is 0 Å². The fourth-order valence-electron chi connectivity index (χ4n) is 5.97. The fraction of sp³-hybridized carbons (Fsp3) is 0.371. The Morgan fingerprint density at radius 3 is 2.36 bits per heavy atom. The van der Waals surface area contributed by atoms with Crippen molar-refractivity contribution in [2.75, 3.05) is 31.5 Å². The first kappa shape index (κ1) is 33.6. The molecule has 0 spiro atoms. The highest BCUT2D eigenvalue weighted by Crippen LogP contribution is 2.35. The van der Waals surface area contributed by atoms with E-state index in [2.05, 4.69) is 58.7 Å². The summed E-state index contributed by atoms with van der Waals surface area (Å²) in [5.41, 5.74) is 1.05. The van der Waals surface area contributed by atoms with E-state index in [-0.39, 0.29) is 11.4 Å². The molecule has 2 N–H and O–H groups in total. The molecule has 9 nitrogen and oxygen atoms in total. The lowest BCUT2D eigenvalue weighted by Gasteiger charge is -2.33. The molecule has 1 aliphatic rings. The molecular formula is C35H39F3N6O3. The van der Waals surface area contributed by atoms with E-state index in [0.29, 0.717) is 29.5 Å². The Bertz CT molecular complexity index is 1650. The molecule has 0 radical (unpaired) electrons. The van der Waals surface area contributed by atoms with Gasteiger partial charge in [-0.25, -0.2) is 4.68 Å². The summed E-state index contributed by atoms with van der Waals surface area (Å²) >= 11 is 0. The number of nitro benzene ring substituents is 1. The van der Waals surface area contributed by atoms with Gasteiger partial charge in [0.25, 0.3) is 11.6 Å². The van der Waals surface area contributed by atoms with Crippen LogP contribution in [-0.4, -0.2) is 51.7 Å². The van der Waals surface area contributed by atoms with Crippen LogP contribution in [0, 0.1) is 16.0 Å². The number of hydrogen-bond donors (Lipinski definition) is 2. The van der Waals surface area contributed by atoms with Crippen LogP contribution in [0.1, 0.15) is 72.2 Å². The lowest BCUT2D eigenvalue weighted by Crippen LogP contribution is -2.37. The van der Waals surface area contributed by atoms with E-state index in [1.165, 1.54) is 17.7 Å². The summed E-state index contributed by atoms with van der Waals surface area (Å²) in [7, 11) is 0. The molecular weight excluding hydrogens is 609 g/mol. The van der Waals surface area contributed by atoms with Gasteiger partial charge in [-0.1, -0.05) is 56.3 Å². The molecule has 0 aliphatic carbocycles. The molecule has 3 aromatic carbocycles. The van der Waals surface area contributed by atoms with E-state index in [4.69, 9.17) is 0 Å². The van der Waals surface area contributed by atoms with Crippen LogP contribution in [0.4, 0.5) is 24.5 Å². The first-order chi connectivity index (χ1) is 22.5. The minimum atomic E-state index is -4.92. The number of halogens is 3. The largest absolute Gasteiger partial charge is 0.434 e. The van der Waals surface area contributed by atoms with Crippen LogP contribution < -0.4 is 10.6 Å². The van der Waals surface area contributed by atoms with Crippen molar-refractivity contribution in [3.63, 3.8) is 0 Å². The number of piperidine rings is 1. The Balaban J connectivity index is 1.27. The van der Waals surface area contributed by atoms with Gasteiger partial charge < -0.3 is 15.5 Å². The van der Waals surface area contributed by atoms with Gasteiger partial charge in [-0.3, -0.25) is 14.9 Å². The Hall–Kier alpha value is -4.71. The minimum Gasteiger partial charge on any atom is -0.385 e. The van der Waals surface area contributed by atoms with Crippen LogP contribution in [0.15, 0.2) is 85.1 Å². The molecule has 248 valence electrons. The average Bonchev–Trinajstić information content (AvgIpc) is 3.53. The number of nitrogens with one attached hydrogen (secondary N) is 2. The number of nitro groups is 1. The Morgan fingerprint density at radius 1 is 1.02 bits per heavy atom. The fourth-order valence-corrected chi connectivity index (χ4v) is 5.97. The van der Waals surface area contributed by atoms with Gasteiger partial charge in [-0.15, -0.1) is 0 Å². The second kappa shape index (κ2) is 14.8. The Morgan fingerprint density at radius 2 is 1.72 bits per heavy atom. The molecule has 1 saturated heterocycles. The molecule has 0 saturated carbocycles. The van der Waals surface area contributed by atoms with Gasteiger partial charge in [0.05, 0.1) is 28.4 Å². The summed E-state index contributed by atoms with van der Waals surface area (Å²) in [6, 6.07) is 21.8. The molecule has 1 amide bonds. The Labute approximate surface area is 271 Å². The zero-order valence-electron chi connectivity index (χ0n) is 26.4. The SMILES string of the molecule is CC(C)CNc1cccc(C2CCN(CC[C@H](NC(=O)c3cnn(-c4ccc([N+](=O)[O-])cc4)c3C(F)(F)F)c3ccccc3)CC2)c1. The van der Waals surface area contributed by atoms with Gasteiger partial charge in [0.1, 0.15) is 0 Å². The van der Waals surface area contributed by atoms with Gasteiger partial charge in [0.15, 0.2) is 5.69 Å². The molecule has 1 fully saturated rings. The number of benzene rings is 3. The number of carbonyl (C=O) groups is 1. The highest BCUT2D eigenvalue weighted by molar-refractivity contribution is 5.95. The van der Waals surface area contributed by atoms with Crippen molar-refractivity contribution in [1.29, 1.82) is 0 Å². The van der Waals surface area contributed by atoms with Crippen molar-refractivity contribution in [3.8, 4) is 5.69 Å². The van der Waals surface area contributed by atoms with E-state index >= 15 is 0 Å². The number of amides is 1. The second-order valence-corrected chi connectivity index (χ2v) is 12.3. The number of aromatic nitrogens is 2. The second-order valence-electron chi connectivity index (χ2n) is 12.3. The summed E-state index contributed by atoms with van der Waals surface area (Å²) in [4.78, 5) is 26.2. The minimum absolute atomic E-state index is 0.0523. The topological polar surface area (TPSA) is 105 Å². The predicted octanol–water partition coefficient (Wildman–Crippen LogP) is 7.61. The standard InChI is InChI=1S/C35H39F3N6O3/c1-24(2)22-39-28-10-6-9-27(21-28)25-15-18-42(19-16-25)20-17-32(26-7-4-3-5-8-26)41-34(45)31-23-40-43(33(31)35(36,37)38)29-11-13-30(14-12-29)44(46)47/h3-14,21,23-25,32,39H,15-20,22H2,1-2H3,(H,41,45)/t32-/m0/s1. The van der Waals surface area contributed by atoms with Crippen LogP contribution in [0.2, 0.25) is 0 Å². The molecule has 1 atom stereocenters. The molecule has 1 aliphatic heterocycles. The van der Waals surface area contributed by atoms with Crippen molar-refractivity contribution in [2.24, 2.45) is 5.92 Å². The van der Waals surface area contributed by atoms with E-state index < -0.39 is 34.3 Å². The van der Waals surface area contributed by atoms with Crippen molar-refractivity contribution < 1.29 is 22.9 Å². The third-order valence-electron chi connectivity index (χ3n) is 8.49. The molecule has 0 bridgehead atoms. The summed E-state index contributed by atoms with van der Waals surface area (Å²) < 4.78 is 43.6. The van der Waals surface area contributed by atoms with Gasteiger partial charge >= 0.3 is 6.18 Å². The summed E-state index contributed by atoms with van der Waals surface area (Å²) in [6.07, 6.45) is -1.53. The number of nitrogens with zero attached hydrogens (tertiary/aromatic N) is 4. The number of non-ortho nitro benzene ring substituents is 1. The first-order valence-electron chi connectivity index (χ1n) is 15.8. The maximum absolute atomic E-state index is 14.3. The van der Waals surface area contributed by atoms with Crippen LogP contribution in [0.5, 0.6) is 0 Å². The summed E-state index contributed by atoms with van der Waals surface area (Å²) in [5.74, 6) is 0.104. The van der Waals surface area contributed by atoms with E-state index in [9.17, 15) is 28.1 Å². The number of alkyl halides is 3. The highest BCUT2D eigenvalue weighted by atomic mass is 19.4. The third kappa shape index (κ3) is 8.56. The molecule has 2 heterocycles.